The third-order valence-electron chi connectivity index (χ3n) is 2.71. The average molecular weight is 326 g/mol. The van der Waals surface area contributed by atoms with E-state index in [0.29, 0.717) is 5.75 Å². The Morgan fingerprint density at radius 2 is 2.00 bits per heavy atom. The van der Waals surface area contributed by atoms with Crippen molar-refractivity contribution >= 4 is 23.5 Å². The highest BCUT2D eigenvalue weighted by Crippen LogP contribution is 2.21. The molecule has 0 saturated heterocycles. The Morgan fingerprint density at radius 1 is 1.30 bits per heavy atom. The number of carbonyl (C=O) groups is 3. The maximum atomic E-state index is 11.6. The highest BCUT2D eigenvalue weighted by molar-refractivity contribution is 5.98. The van der Waals surface area contributed by atoms with Crippen LogP contribution in [0.3, 0.4) is 0 Å². The van der Waals surface area contributed by atoms with Crippen molar-refractivity contribution in [3.05, 3.63) is 23.8 Å². The van der Waals surface area contributed by atoms with Gasteiger partial charge in [0.05, 0.1) is 18.4 Å². The zero-order valence-corrected chi connectivity index (χ0v) is 13.0. The van der Waals surface area contributed by atoms with Gasteiger partial charge in [-0.1, -0.05) is 11.9 Å². The van der Waals surface area contributed by atoms with Gasteiger partial charge in [-0.2, -0.15) is 0 Å². The predicted molar refractivity (Wildman–Crippen MR) is 78.2 cm³/mol. The normalized spacial score (nSPS) is 11.3. The van der Waals surface area contributed by atoms with Crippen molar-refractivity contribution in [2.24, 2.45) is 5.73 Å². The average Bonchev–Trinajstić information content (AvgIpc) is 2.52. The number of methoxy groups -OCH3 is 1. The number of anilines is 1. The Morgan fingerprint density at radius 3 is 2.52 bits per heavy atom. The molecule has 0 aliphatic heterocycles. The fourth-order valence-corrected chi connectivity index (χ4v) is 1.60. The molecule has 1 atom stereocenters. The molecule has 1 aromatic rings. The number of ether oxygens (including phenoxy) is 2. The number of primary amides is 1. The van der Waals surface area contributed by atoms with Crippen LogP contribution >= 0.6 is 0 Å². The van der Waals surface area contributed by atoms with E-state index in [9.17, 15) is 14.4 Å². The van der Waals surface area contributed by atoms with Gasteiger partial charge in [0.1, 0.15) is 5.75 Å². The van der Waals surface area contributed by atoms with Crippen molar-refractivity contribution < 1.29 is 33.7 Å². The van der Waals surface area contributed by atoms with Crippen LogP contribution in [0.1, 0.15) is 30.6 Å². The largest absolute Gasteiger partial charge is 0.497 e. The lowest BCUT2D eigenvalue weighted by Crippen LogP contribution is -2.28. The minimum atomic E-state index is -1.08. The molecule has 0 fully saturated rings. The number of rotatable bonds is 8. The Bertz CT molecular complexity index is 588. The zero-order chi connectivity index (χ0) is 17.4. The number of hydrogen-bond donors (Lipinski definition) is 2. The fraction of sp³-hybridized carbons (Fsp3) is 0.357. The summed E-state index contributed by atoms with van der Waals surface area (Å²) in [7, 11) is 1.44. The number of amides is 1. The molecule has 126 valence electrons. The molecule has 23 heavy (non-hydrogen) atoms. The van der Waals surface area contributed by atoms with Crippen LogP contribution in [-0.4, -0.2) is 31.1 Å². The molecule has 0 radical (unpaired) electrons. The second kappa shape index (κ2) is 8.59. The molecule has 0 aromatic heterocycles. The molecule has 0 spiro atoms. The SMILES string of the molecule is CCC(OC(C)=O)C(=O)OONc1ccc(OC)cc1C(N)=O. The third kappa shape index (κ3) is 5.47. The Hall–Kier alpha value is -2.81. The first-order chi connectivity index (χ1) is 10.9. The van der Waals surface area contributed by atoms with Crippen molar-refractivity contribution in [2.45, 2.75) is 26.4 Å². The van der Waals surface area contributed by atoms with E-state index < -0.39 is 23.9 Å². The molecule has 1 unspecified atom stereocenters. The Kier molecular flexibility index (Phi) is 6.81. The molecule has 0 bridgehead atoms. The number of benzene rings is 1. The van der Waals surface area contributed by atoms with E-state index >= 15 is 0 Å². The number of esters is 1. The molecule has 9 heteroatoms. The Labute approximate surface area is 132 Å². The summed E-state index contributed by atoms with van der Waals surface area (Å²) >= 11 is 0. The highest BCUT2D eigenvalue weighted by atomic mass is 17.3. The van der Waals surface area contributed by atoms with E-state index in [-0.39, 0.29) is 17.7 Å². The van der Waals surface area contributed by atoms with E-state index in [0.717, 1.165) is 0 Å². The quantitative estimate of drug-likeness (QED) is 0.410. The van der Waals surface area contributed by atoms with Crippen LogP contribution in [-0.2, 0) is 24.2 Å². The van der Waals surface area contributed by atoms with Gasteiger partial charge in [0.15, 0.2) is 0 Å². The molecule has 9 nitrogen and oxygen atoms in total. The maximum absolute atomic E-state index is 11.6. The van der Waals surface area contributed by atoms with Crippen LogP contribution in [0.2, 0.25) is 0 Å². The first-order valence-electron chi connectivity index (χ1n) is 6.67. The molecular formula is C14H18N2O7. The van der Waals surface area contributed by atoms with E-state index in [1.54, 1.807) is 13.0 Å². The monoisotopic (exact) mass is 326 g/mol. The summed E-state index contributed by atoms with van der Waals surface area (Å²) < 4.78 is 9.72. The van der Waals surface area contributed by atoms with E-state index in [4.69, 9.17) is 15.2 Å². The zero-order valence-electron chi connectivity index (χ0n) is 13.0. The van der Waals surface area contributed by atoms with Gasteiger partial charge in [-0.25, -0.2) is 10.3 Å². The minimum absolute atomic E-state index is 0.0763. The molecule has 0 saturated carbocycles. The van der Waals surface area contributed by atoms with Crippen LogP contribution in [0.25, 0.3) is 0 Å². The minimum Gasteiger partial charge on any atom is -0.497 e. The summed E-state index contributed by atoms with van der Waals surface area (Å²) in [5.41, 5.74) is 7.76. The van der Waals surface area contributed by atoms with Gasteiger partial charge >= 0.3 is 11.9 Å². The van der Waals surface area contributed by atoms with Crippen LogP contribution in [0.15, 0.2) is 18.2 Å². The van der Waals surface area contributed by atoms with Crippen molar-refractivity contribution in [1.29, 1.82) is 0 Å². The van der Waals surface area contributed by atoms with Gasteiger partial charge in [0, 0.05) is 6.92 Å². The maximum Gasteiger partial charge on any atom is 0.385 e. The number of carbonyl (C=O) groups excluding carboxylic acids is 3. The van der Waals surface area contributed by atoms with Gasteiger partial charge in [0.25, 0.3) is 5.91 Å². The molecule has 3 N–H and O–H groups in total. The Balaban J connectivity index is 2.66. The number of nitrogens with two attached hydrogens (primary N) is 1. The van der Waals surface area contributed by atoms with Crippen LogP contribution < -0.4 is 16.0 Å². The smallest absolute Gasteiger partial charge is 0.385 e. The topological polar surface area (TPSA) is 126 Å². The predicted octanol–water partition coefficient (Wildman–Crippen LogP) is 0.938. The molecule has 1 aromatic carbocycles. The lowest BCUT2D eigenvalue weighted by molar-refractivity contribution is -0.263. The van der Waals surface area contributed by atoms with Crippen molar-refractivity contribution in [3.8, 4) is 5.75 Å². The molecule has 0 heterocycles. The van der Waals surface area contributed by atoms with Crippen LogP contribution in [0, 0.1) is 0 Å². The van der Waals surface area contributed by atoms with Gasteiger partial charge in [-0.05, 0) is 24.6 Å². The molecule has 0 aliphatic carbocycles. The summed E-state index contributed by atoms with van der Waals surface area (Å²) in [5.74, 6) is -1.83. The van der Waals surface area contributed by atoms with Crippen molar-refractivity contribution in [1.82, 2.24) is 0 Å². The summed E-state index contributed by atoms with van der Waals surface area (Å²) in [6, 6.07) is 4.40. The van der Waals surface area contributed by atoms with E-state index in [2.05, 4.69) is 15.4 Å². The first-order valence-corrected chi connectivity index (χ1v) is 6.67. The molecule has 0 aliphatic rings. The number of hydrogen-bond acceptors (Lipinski definition) is 8. The highest BCUT2D eigenvalue weighted by Gasteiger charge is 2.22. The summed E-state index contributed by atoms with van der Waals surface area (Å²) in [6.45, 7) is 2.81. The number of nitrogens with one attached hydrogen (secondary N) is 1. The molecular weight excluding hydrogens is 308 g/mol. The first kappa shape index (κ1) is 18.2. The van der Waals surface area contributed by atoms with Crippen LogP contribution in [0.4, 0.5) is 5.69 Å². The van der Waals surface area contributed by atoms with Gasteiger partial charge in [-0.15, -0.1) is 0 Å². The fourth-order valence-electron chi connectivity index (χ4n) is 1.60. The standard InChI is InChI=1S/C14H18N2O7/c1-4-12(21-8(2)17)14(19)22-23-16-11-6-5-9(20-3)7-10(11)13(15)18/h5-7,12,16H,4H2,1-3H3,(H2,15,18). The summed E-state index contributed by atoms with van der Waals surface area (Å²) in [6.07, 6.45) is -0.864. The third-order valence-corrected chi connectivity index (χ3v) is 2.71. The lowest BCUT2D eigenvalue weighted by atomic mass is 10.1. The van der Waals surface area contributed by atoms with Gasteiger partial charge in [0.2, 0.25) is 6.10 Å². The summed E-state index contributed by atoms with van der Waals surface area (Å²) in [5, 5.41) is 0. The van der Waals surface area contributed by atoms with E-state index in [1.165, 1.54) is 26.2 Å². The van der Waals surface area contributed by atoms with Crippen molar-refractivity contribution in [2.75, 3.05) is 12.6 Å². The second-order valence-corrected chi connectivity index (χ2v) is 4.37. The molecule has 1 rings (SSSR count). The lowest BCUT2D eigenvalue weighted by Gasteiger charge is -2.14. The van der Waals surface area contributed by atoms with Gasteiger partial charge < -0.3 is 15.2 Å². The summed E-state index contributed by atoms with van der Waals surface area (Å²) in [4.78, 5) is 42.9. The molecule has 1 amide bonds. The van der Waals surface area contributed by atoms with Crippen LogP contribution in [0.5, 0.6) is 5.75 Å². The van der Waals surface area contributed by atoms with E-state index in [1.807, 2.05) is 0 Å². The second-order valence-electron chi connectivity index (χ2n) is 4.37. The van der Waals surface area contributed by atoms with Gasteiger partial charge in [-0.3, -0.25) is 14.5 Å². The van der Waals surface area contributed by atoms with Crippen molar-refractivity contribution in [3.63, 3.8) is 0 Å².